The van der Waals surface area contributed by atoms with Gasteiger partial charge < -0.3 is 9.84 Å². The minimum atomic E-state index is -0.900. The van der Waals surface area contributed by atoms with Crippen LogP contribution in [0.1, 0.15) is 27.7 Å². The van der Waals surface area contributed by atoms with Crippen LogP contribution in [0.15, 0.2) is 24.5 Å². The van der Waals surface area contributed by atoms with Crippen molar-refractivity contribution in [2.24, 2.45) is 0 Å². The summed E-state index contributed by atoms with van der Waals surface area (Å²) in [6, 6.07) is 3.62. The lowest BCUT2D eigenvalue weighted by Crippen LogP contribution is -2.49. The molecule has 0 unspecified atom stereocenters. The smallest absolute Gasteiger partial charge is 0.138 e. The van der Waals surface area contributed by atoms with Crippen molar-refractivity contribution in [3.05, 3.63) is 24.5 Å². The molecule has 3 heteroatoms. The first kappa shape index (κ1) is 11.0. The molecule has 1 rings (SSSR count). The minimum Gasteiger partial charge on any atom is -0.483 e. The third-order valence-corrected chi connectivity index (χ3v) is 2.48. The third-order valence-electron chi connectivity index (χ3n) is 2.48. The molecule has 1 aromatic heterocycles. The molecular formula is C11H17NO2. The van der Waals surface area contributed by atoms with Gasteiger partial charge in [-0.3, -0.25) is 4.98 Å². The fourth-order valence-corrected chi connectivity index (χ4v) is 0.827. The van der Waals surface area contributed by atoms with Crippen molar-refractivity contribution in [2.75, 3.05) is 0 Å². The van der Waals surface area contributed by atoms with Crippen LogP contribution in [0.5, 0.6) is 5.75 Å². The standard InChI is InChI=1S/C11H17NO2/c1-10(2,13)11(3,4)14-9-6-5-7-12-8-9/h5-8,13H,1-4H3. The number of hydrogen-bond acceptors (Lipinski definition) is 3. The normalized spacial score (nSPS) is 12.6. The fourth-order valence-electron chi connectivity index (χ4n) is 0.827. The number of hydrogen-bond donors (Lipinski definition) is 1. The molecule has 1 N–H and O–H groups in total. The van der Waals surface area contributed by atoms with Crippen LogP contribution in [0.4, 0.5) is 0 Å². The first-order valence-electron chi connectivity index (χ1n) is 4.64. The van der Waals surface area contributed by atoms with Gasteiger partial charge in [0.25, 0.3) is 0 Å². The molecule has 1 aromatic rings. The fraction of sp³-hybridized carbons (Fsp3) is 0.545. The zero-order chi connectivity index (χ0) is 10.8. The molecule has 1 heterocycles. The third kappa shape index (κ3) is 2.45. The van der Waals surface area contributed by atoms with Crippen LogP contribution < -0.4 is 4.74 Å². The maximum absolute atomic E-state index is 9.86. The van der Waals surface area contributed by atoms with E-state index in [1.54, 1.807) is 32.3 Å². The molecule has 0 atom stereocenters. The van der Waals surface area contributed by atoms with E-state index in [0.29, 0.717) is 5.75 Å². The molecule has 0 fully saturated rings. The quantitative estimate of drug-likeness (QED) is 0.802. The van der Waals surface area contributed by atoms with E-state index < -0.39 is 11.2 Å². The van der Waals surface area contributed by atoms with Gasteiger partial charge in [0, 0.05) is 6.20 Å². The number of rotatable bonds is 3. The molecule has 3 nitrogen and oxygen atoms in total. The number of nitrogens with zero attached hydrogens (tertiary/aromatic N) is 1. The topological polar surface area (TPSA) is 42.4 Å². The lowest BCUT2D eigenvalue weighted by Gasteiger charge is -2.37. The largest absolute Gasteiger partial charge is 0.483 e. The highest BCUT2D eigenvalue weighted by Crippen LogP contribution is 2.26. The van der Waals surface area contributed by atoms with E-state index in [1.165, 1.54) is 0 Å². The zero-order valence-corrected chi connectivity index (χ0v) is 9.11. The Hall–Kier alpha value is -1.09. The second-order valence-electron chi connectivity index (χ2n) is 4.36. The van der Waals surface area contributed by atoms with Crippen molar-refractivity contribution in [2.45, 2.75) is 38.9 Å². The molecule has 0 aliphatic rings. The summed E-state index contributed by atoms with van der Waals surface area (Å²) in [6.07, 6.45) is 3.32. The number of ether oxygens (including phenoxy) is 1. The van der Waals surface area contributed by atoms with Crippen LogP contribution in [0.25, 0.3) is 0 Å². The highest BCUT2D eigenvalue weighted by molar-refractivity contribution is 5.17. The lowest BCUT2D eigenvalue weighted by atomic mass is 9.89. The number of aliphatic hydroxyl groups is 1. The Labute approximate surface area is 84.7 Å². The van der Waals surface area contributed by atoms with Crippen LogP contribution in [-0.4, -0.2) is 21.3 Å². The molecule has 0 saturated carbocycles. The molecule has 0 aliphatic carbocycles. The van der Waals surface area contributed by atoms with Crippen LogP contribution in [0, 0.1) is 0 Å². The maximum Gasteiger partial charge on any atom is 0.138 e. The van der Waals surface area contributed by atoms with E-state index >= 15 is 0 Å². The van der Waals surface area contributed by atoms with E-state index in [9.17, 15) is 5.11 Å². The summed E-state index contributed by atoms with van der Waals surface area (Å²) in [6.45, 7) is 7.15. The van der Waals surface area contributed by atoms with Crippen LogP contribution in [-0.2, 0) is 0 Å². The van der Waals surface area contributed by atoms with E-state index in [-0.39, 0.29) is 0 Å². The van der Waals surface area contributed by atoms with Crippen molar-refractivity contribution < 1.29 is 9.84 Å². The monoisotopic (exact) mass is 195 g/mol. The maximum atomic E-state index is 9.86. The van der Waals surface area contributed by atoms with Gasteiger partial charge in [0.05, 0.1) is 11.8 Å². The van der Waals surface area contributed by atoms with Crippen molar-refractivity contribution in [1.29, 1.82) is 0 Å². The molecule has 0 amide bonds. The van der Waals surface area contributed by atoms with Gasteiger partial charge in [0.15, 0.2) is 0 Å². The van der Waals surface area contributed by atoms with Gasteiger partial charge in [-0.05, 0) is 39.8 Å². The average Bonchev–Trinajstić information content (AvgIpc) is 2.03. The van der Waals surface area contributed by atoms with Gasteiger partial charge in [-0.15, -0.1) is 0 Å². The molecule has 0 bridgehead atoms. The summed E-state index contributed by atoms with van der Waals surface area (Å²) < 4.78 is 5.65. The van der Waals surface area contributed by atoms with Crippen molar-refractivity contribution in [3.8, 4) is 5.75 Å². The summed E-state index contributed by atoms with van der Waals surface area (Å²) in [5, 5.41) is 9.86. The van der Waals surface area contributed by atoms with Gasteiger partial charge in [0.1, 0.15) is 11.4 Å². The van der Waals surface area contributed by atoms with E-state index in [4.69, 9.17) is 4.74 Å². The first-order valence-corrected chi connectivity index (χ1v) is 4.64. The second kappa shape index (κ2) is 3.58. The molecule has 0 spiro atoms. The second-order valence-corrected chi connectivity index (χ2v) is 4.36. The molecule has 0 radical (unpaired) electrons. The highest BCUT2D eigenvalue weighted by Gasteiger charge is 2.37. The summed E-state index contributed by atoms with van der Waals surface area (Å²) in [5.41, 5.74) is -1.54. The average molecular weight is 195 g/mol. The summed E-state index contributed by atoms with van der Waals surface area (Å²) in [4.78, 5) is 3.94. The predicted octanol–water partition coefficient (Wildman–Crippen LogP) is 2.01. The highest BCUT2D eigenvalue weighted by atomic mass is 16.5. The van der Waals surface area contributed by atoms with E-state index in [1.807, 2.05) is 19.9 Å². The molecule has 14 heavy (non-hydrogen) atoms. The SMILES string of the molecule is CC(C)(O)C(C)(C)Oc1cccnc1. The lowest BCUT2D eigenvalue weighted by molar-refractivity contribution is -0.0908. The Morgan fingerprint density at radius 3 is 2.36 bits per heavy atom. The Kier molecular flexibility index (Phi) is 2.81. The molecular weight excluding hydrogens is 178 g/mol. The minimum absolute atomic E-state index is 0.643. The summed E-state index contributed by atoms with van der Waals surface area (Å²) in [7, 11) is 0. The molecule has 0 aromatic carbocycles. The van der Waals surface area contributed by atoms with Crippen molar-refractivity contribution in [1.82, 2.24) is 4.98 Å². The number of pyridine rings is 1. The molecule has 0 saturated heterocycles. The van der Waals surface area contributed by atoms with Gasteiger partial charge in [0.2, 0.25) is 0 Å². The summed E-state index contributed by atoms with van der Waals surface area (Å²) in [5.74, 6) is 0.666. The molecule has 0 aliphatic heterocycles. The van der Waals surface area contributed by atoms with Crippen molar-refractivity contribution in [3.63, 3.8) is 0 Å². The Balaban J connectivity index is 2.79. The summed E-state index contributed by atoms with van der Waals surface area (Å²) >= 11 is 0. The predicted molar refractivity (Wildman–Crippen MR) is 55.2 cm³/mol. The van der Waals surface area contributed by atoms with Crippen LogP contribution in [0.2, 0.25) is 0 Å². The first-order chi connectivity index (χ1) is 6.33. The van der Waals surface area contributed by atoms with Crippen LogP contribution >= 0.6 is 0 Å². The molecule has 78 valence electrons. The zero-order valence-electron chi connectivity index (χ0n) is 9.11. The Morgan fingerprint density at radius 1 is 1.29 bits per heavy atom. The van der Waals surface area contributed by atoms with Gasteiger partial charge in [-0.25, -0.2) is 0 Å². The van der Waals surface area contributed by atoms with Gasteiger partial charge >= 0.3 is 0 Å². The van der Waals surface area contributed by atoms with Crippen molar-refractivity contribution >= 4 is 0 Å². The number of aromatic nitrogens is 1. The Morgan fingerprint density at radius 2 is 1.93 bits per heavy atom. The van der Waals surface area contributed by atoms with Crippen LogP contribution in [0.3, 0.4) is 0 Å². The van der Waals surface area contributed by atoms with Gasteiger partial charge in [-0.2, -0.15) is 0 Å². The van der Waals surface area contributed by atoms with E-state index in [0.717, 1.165) is 0 Å². The van der Waals surface area contributed by atoms with E-state index in [2.05, 4.69) is 4.98 Å². The van der Waals surface area contributed by atoms with Gasteiger partial charge in [-0.1, -0.05) is 0 Å². The Bertz CT molecular complexity index is 288.